The van der Waals surface area contributed by atoms with E-state index in [1.807, 2.05) is 6.92 Å². The van der Waals surface area contributed by atoms with Gasteiger partial charge in [-0.15, -0.1) is 0 Å². The van der Waals surface area contributed by atoms with Crippen molar-refractivity contribution >= 4 is 17.8 Å². The third-order valence-electron chi connectivity index (χ3n) is 2.00. The molecule has 0 atom stereocenters. The molecule has 0 radical (unpaired) electrons. The van der Waals surface area contributed by atoms with Crippen molar-refractivity contribution in [2.24, 2.45) is 5.16 Å². The van der Waals surface area contributed by atoms with Gasteiger partial charge >= 0.3 is 12.1 Å². The molecule has 7 nitrogen and oxygen atoms in total. The molecule has 0 aliphatic rings. The van der Waals surface area contributed by atoms with Crippen LogP contribution in [-0.4, -0.2) is 30.0 Å². The summed E-state index contributed by atoms with van der Waals surface area (Å²) in [6, 6.07) is 1.46. The molecule has 0 aromatic heterocycles. The Morgan fingerprint density at radius 1 is 1.33 bits per heavy atom. The van der Waals surface area contributed by atoms with Crippen molar-refractivity contribution in [1.29, 1.82) is 5.26 Å². The lowest BCUT2D eigenvalue weighted by molar-refractivity contribution is -0.135. The third kappa shape index (κ3) is 5.84. The first-order chi connectivity index (χ1) is 8.36. The standard InChI is InChI=1S/C11H16N2O5/c1-5-11(3,4)17-10(15)18-13-8(7-12)9(14)16-6-2/h5-6H2,1-4H3. The van der Waals surface area contributed by atoms with Crippen LogP contribution in [0.2, 0.25) is 0 Å². The van der Waals surface area contributed by atoms with Crippen LogP contribution in [0.3, 0.4) is 0 Å². The second-order valence-corrected chi connectivity index (χ2v) is 3.83. The summed E-state index contributed by atoms with van der Waals surface area (Å²) in [6.45, 7) is 6.87. The van der Waals surface area contributed by atoms with E-state index in [0.717, 1.165) is 0 Å². The molecule has 0 rings (SSSR count). The first-order valence-electron chi connectivity index (χ1n) is 5.41. The van der Waals surface area contributed by atoms with Crippen molar-refractivity contribution in [3.8, 4) is 6.07 Å². The van der Waals surface area contributed by atoms with Crippen LogP contribution >= 0.6 is 0 Å². The quantitative estimate of drug-likeness (QED) is 0.322. The first-order valence-corrected chi connectivity index (χ1v) is 5.41. The van der Waals surface area contributed by atoms with Crippen LogP contribution < -0.4 is 0 Å². The van der Waals surface area contributed by atoms with Gasteiger partial charge in [0.05, 0.1) is 6.61 Å². The Bertz CT molecular complexity index is 381. The zero-order chi connectivity index (χ0) is 14.2. The maximum atomic E-state index is 11.2. The molecule has 0 spiro atoms. The van der Waals surface area contributed by atoms with Gasteiger partial charge in [0.15, 0.2) is 0 Å². The molecule has 0 amide bonds. The smallest absolute Gasteiger partial charge is 0.461 e. The van der Waals surface area contributed by atoms with E-state index in [-0.39, 0.29) is 6.61 Å². The Labute approximate surface area is 105 Å². The van der Waals surface area contributed by atoms with E-state index in [1.165, 1.54) is 6.07 Å². The Balaban J connectivity index is 4.48. The van der Waals surface area contributed by atoms with E-state index in [4.69, 9.17) is 10.00 Å². The number of carbonyl (C=O) groups excluding carboxylic acids is 2. The van der Waals surface area contributed by atoms with Gasteiger partial charge in [0.25, 0.3) is 5.71 Å². The molecule has 0 heterocycles. The molecule has 0 saturated carbocycles. The summed E-state index contributed by atoms with van der Waals surface area (Å²) in [4.78, 5) is 26.6. The van der Waals surface area contributed by atoms with Gasteiger partial charge in [0.2, 0.25) is 0 Å². The molecular formula is C11H16N2O5. The van der Waals surface area contributed by atoms with Crippen molar-refractivity contribution in [3.63, 3.8) is 0 Å². The number of ether oxygens (including phenoxy) is 2. The van der Waals surface area contributed by atoms with E-state index in [1.54, 1.807) is 20.8 Å². The van der Waals surface area contributed by atoms with Crippen LogP contribution in [-0.2, 0) is 19.1 Å². The minimum Gasteiger partial charge on any atom is -0.461 e. The van der Waals surface area contributed by atoms with Crippen LogP contribution in [0.25, 0.3) is 0 Å². The van der Waals surface area contributed by atoms with Crippen LogP contribution in [0.1, 0.15) is 34.1 Å². The number of nitriles is 1. The van der Waals surface area contributed by atoms with Crippen molar-refractivity contribution in [1.82, 2.24) is 0 Å². The Morgan fingerprint density at radius 3 is 2.39 bits per heavy atom. The molecule has 0 fully saturated rings. The number of nitrogens with zero attached hydrogens (tertiary/aromatic N) is 2. The minimum atomic E-state index is -1.08. The maximum absolute atomic E-state index is 11.2. The highest BCUT2D eigenvalue weighted by Gasteiger charge is 2.22. The predicted octanol–water partition coefficient (Wildman–Crippen LogP) is 1.77. The van der Waals surface area contributed by atoms with Gasteiger partial charge in [-0.05, 0) is 27.2 Å². The van der Waals surface area contributed by atoms with Gasteiger partial charge in [-0.25, -0.2) is 9.59 Å². The summed E-state index contributed by atoms with van der Waals surface area (Å²) < 4.78 is 9.42. The molecule has 100 valence electrons. The van der Waals surface area contributed by atoms with Gasteiger partial charge in [-0.1, -0.05) is 12.1 Å². The van der Waals surface area contributed by atoms with Gasteiger partial charge in [0, 0.05) is 0 Å². The number of hydrogen-bond donors (Lipinski definition) is 0. The number of oxime groups is 1. The highest BCUT2D eigenvalue weighted by atomic mass is 16.8. The fourth-order valence-electron chi connectivity index (χ4n) is 0.702. The predicted molar refractivity (Wildman–Crippen MR) is 61.6 cm³/mol. The largest absolute Gasteiger partial charge is 0.535 e. The summed E-state index contributed by atoms with van der Waals surface area (Å²) >= 11 is 0. The highest BCUT2D eigenvalue weighted by molar-refractivity contribution is 6.42. The van der Waals surface area contributed by atoms with Crippen molar-refractivity contribution in [3.05, 3.63) is 0 Å². The van der Waals surface area contributed by atoms with Gasteiger partial charge in [-0.2, -0.15) is 5.26 Å². The summed E-state index contributed by atoms with van der Waals surface area (Å²) in [7, 11) is 0. The van der Waals surface area contributed by atoms with Gasteiger partial charge in [-0.3, -0.25) is 4.84 Å². The second-order valence-electron chi connectivity index (χ2n) is 3.83. The normalized spacial score (nSPS) is 11.4. The molecule has 18 heavy (non-hydrogen) atoms. The second kappa shape index (κ2) is 7.27. The topological polar surface area (TPSA) is 98.0 Å². The molecule has 0 aromatic rings. The lowest BCUT2D eigenvalue weighted by atomic mass is 10.1. The molecule has 0 saturated heterocycles. The number of hydrogen-bond acceptors (Lipinski definition) is 7. The molecule has 0 bridgehead atoms. The lowest BCUT2D eigenvalue weighted by Gasteiger charge is -2.21. The molecular weight excluding hydrogens is 240 g/mol. The van der Waals surface area contributed by atoms with Gasteiger partial charge in [0.1, 0.15) is 11.7 Å². The summed E-state index contributed by atoms with van der Waals surface area (Å²) in [6.07, 6.45) is -0.506. The van der Waals surface area contributed by atoms with Crippen molar-refractivity contribution < 1.29 is 23.9 Å². The number of rotatable bonds is 5. The van der Waals surface area contributed by atoms with Crippen LogP contribution in [0, 0.1) is 11.3 Å². The average Bonchev–Trinajstić information content (AvgIpc) is 2.29. The molecule has 0 aliphatic heterocycles. The lowest BCUT2D eigenvalue weighted by Crippen LogP contribution is -2.27. The van der Waals surface area contributed by atoms with Crippen LogP contribution in [0.15, 0.2) is 5.16 Å². The average molecular weight is 256 g/mol. The minimum absolute atomic E-state index is 0.0901. The summed E-state index contributed by atoms with van der Waals surface area (Å²) in [5, 5.41) is 11.7. The monoisotopic (exact) mass is 256 g/mol. The molecule has 0 unspecified atom stereocenters. The Kier molecular flexibility index (Phi) is 6.42. The first kappa shape index (κ1) is 15.9. The van der Waals surface area contributed by atoms with E-state index in [0.29, 0.717) is 6.42 Å². The van der Waals surface area contributed by atoms with Crippen molar-refractivity contribution in [2.75, 3.05) is 6.61 Å². The zero-order valence-electron chi connectivity index (χ0n) is 10.8. The molecule has 7 heteroatoms. The maximum Gasteiger partial charge on any atom is 0.535 e. The summed E-state index contributed by atoms with van der Waals surface area (Å²) in [5.41, 5.74) is -1.35. The van der Waals surface area contributed by atoms with Gasteiger partial charge < -0.3 is 9.47 Å². The van der Waals surface area contributed by atoms with E-state index in [9.17, 15) is 9.59 Å². The third-order valence-corrected chi connectivity index (χ3v) is 2.00. The SMILES string of the molecule is CCOC(=O)C(C#N)=NOC(=O)OC(C)(C)CC. The Hall–Kier alpha value is -2.10. The fourth-order valence-corrected chi connectivity index (χ4v) is 0.702. The highest BCUT2D eigenvalue weighted by Crippen LogP contribution is 2.14. The van der Waals surface area contributed by atoms with Crippen LogP contribution in [0.5, 0.6) is 0 Å². The Morgan fingerprint density at radius 2 is 1.94 bits per heavy atom. The molecule has 0 aromatic carbocycles. The van der Waals surface area contributed by atoms with Crippen molar-refractivity contribution in [2.45, 2.75) is 39.7 Å². The number of carbonyl (C=O) groups is 2. The summed E-state index contributed by atoms with van der Waals surface area (Å²) in [5.74, 6) is -0.956. The van der Waals surface area contributed by atoms with Crippen LogP contribution in [0.4, 0.5) is 4.79 Å². The fraction of sp³-hybridized carbons (Fsp3) is 0.636. The molecule has 0 aliphatic carbocycles. The van der Waals surface area contributed by atoms with E-state index >= 15 is 0 Å². The number of esters is 1. The molecule has 0 N–H and O–H groups in total. The zero-order valence-corrected chi connectivity index (χ0v) is 10.8. The van der Waals surface area contributed by atoms with E-state index in [2.05, 4.69) is 14.7 Å². The van der Waals surface area contributed by atoms with E-state index < -0.39 is 23.4 Å².